The molecule has 0 aliphatic carbocycles. The summed E-state index contributed by atoms with van der Waals surface area (Å²) in [5.74, 6) is -0.345. The maximum Gasteiger partial charge on any atom is 0.241 e. The van der Waals surface area contributed by atoms with E-state index in [-0.39, 0.29) is 17.8 Å². The fourth-order valence-electron chi connectivity index (χ4n) is 3.80. The first-order valence-corrected chi connectivity index (χ1v) is 9.73. The summed E-state index contributed by atoms with van der Waals surface area (Å²) in [5.41, 5.74) is 2.75. The second kappa shape index (κ2) is 8.38. The van der Waals surface area contributed by atoms with Crippen LogP contribution in [0.5, 0.6) is 0 Å². The van der Waals surface area contributed by atoms with E-state index < -0.39 is 0 Å². The Morgan fingerprint density at radius 3 is 2.97 bits per heavy atom. The van der Waals surface area contributed by atoms with Crippen molar-refractivity contribution in [1.29, 1.82) is 5.26 Å². The molecule has 1 fully saturated rings. The van der Waals surface area contributed by atoms with E-state index in [1.165, 1.54) is 12.1 Å². The Hall–Kier alpha value is -3.30. The van der Waals surface area contributed by atoms with Gasteiger partial charge in [0.15, 0.2) is 0 Å². The molecule has 0 spiro atoms. The fraction of sp³-hybridized carbons (Fsp3) is 0.261. The highest BCUT2D eigenvalue weighted by atomic mass is 19.1. The van der Waals surface area contributed by atoms with Crippen molar-refractivity contribution < 1.29 is 9.18 Å². The first-order chi connectivity index (χ1) is 14.1. The quantitative estimate of drug-likeness (QED) is 0.726. The van der Waals surface area contributed by atoms with Gasteiger partial charge in [0.2, 0.25) is 5.91 Å². The molecule has 4 rings (SSSR count). The number of hydrogen-bond donors (Lipinski definition) is 1. The second-order valence-corrected chi connectivity index (χ2v) is 7.30. The lowest BCUT2D eigenvalue weighted by atomic mass is 10.0. The number of likely N-dealkylation sites (tertiary alicyclic amines) is 1. The van der Waals surface area contributed by atoms with E-state index >= 15 is 0 Å². The highest BCUT2D eigenvalue weighted by Gasteiger charge is 2.29. The molecule has 1 atom stereocenters. The van der Waals surface area contributed by atoms with Gasteiger partial charge in [-0.2, -0.15) is 5.26 Å². The molecule has 6 heteroatoms. The molecule has 1 aliphatic rings. The molecule has 5 nitrogen and oxygen atoms in total. The van der Waals surface area contributed by atoms with Crippen LogP contribution in [0.1, 0.15) is 30.5 Å². The third-order valence-corrected chi connectivity index (χ3v) is 5.25. The fourth-order valence-corrected chi connectivity index (χ4v) is 3.80. The topological polar surface area (TPSA) is 69.0 Å². The maximum absolute atomic E-state index is 13.4. The molecule has 1 aromatic heterocycles. The smallest absolute Gasteiger partial charge is 0.241 e. The van der Waals surface area contributed by atoms with E-state index in [2.05, 4.69) is 21.3 Å². The van der Waals surface area contributed by atoms with Gasteiger partial charge in [-0.3, -0.25) is 14.7 Å². The molecule has 0 radical (unpaired) electrons. The Labute approximate surface area is 168 Å². The largest absolute Gasteiger partial charge is 0.325 e. The van der Waals surface area contributed by atoms with E-state index in [1.54, 1.807) is 30.3 Å². The number of nitrogens with one attached hydrogen (secondary N) is 1. The zero-order valence-corrected chi connectivity index (χ0v) is 15.9. The Balaban J connectivity index is 1.50. The van der Waals surface area contributed by atoms with Crippen LogP contribution in [0.15, 0.2) is 54.6 Å². The van der Waals surface area contributed by atoms with Gasteiger partial charge < -0.3 is 5.32 Å². The number of rotatable bonds is 4. The molecule has 1 N–H and O–H groups in total. The summed E-state index contributed by atoms with van der Waals surface area (Å²) >= 11 is 0. The van der Waals surface area contributed by atoms with Gasteiger partial charge in [0, 0.05) is 17.6 Å². The van der Waals surface area contributed by atoms with Crippen LogP contribution < -0.4 is 5.32 Å². The number of fused-ring (bicyclic) bond motifs is 1. The number of pyridine rings is 1. The van der Waals surface area contributed by atoms with Gasteiger partial charge in [-0.05, 0) is 61.9 Å². The summed E-state index contributed by atoms with van der Waals surface area (Å²) in [7, 11) is 0. The predicted molar refractivity (Wildman–Crippen MR) is 110 cm³/mol. The third-order valence-electron chi connectivity index (χ3n) is 5.25. The zero-order chi connectivity index (χ0) is 20.2. The number of carbonyl (C=O) groups is 1. The Bertz CT molecular complexity index is 1090. The summed E-state index contributed by atoms with van der Waals surface area (Å²) in [5, 5.41) is 12.8. The second-order valence-electron chi connectivity index (χ2n) is 7.30. The highest BCUT2D eigenvalue weighted by Crippen LogP contribution is 2.22. The molecule has 146 valence electrons. The van der Waals surface area contributed by atoms with E-state index in [4.69, 9.17) is 5.26 Å². The normalized spacial score (nSPS) is 17.0. The van der Waals surface area contributed by atoms with Crippen molar-refractivity contribution in [1.82, 2.24) is 9.88 Å². The van der Waals surface area contributed by atoms with Crippen molar-refractivity contribution >= 4 is 22.5 Å². The summed E-state index contributed by atoms with van der Waals surface area (Å²) in [6, 6.07) is 17.1. The molecule has 1 unspecified atom stereocenters. The molecule has 29 heavy (non-hydrogen) atoms. The van der Waals surface area contributed by atoms with Crippen LogP contribution in [0.4, 0.5) is 10.1 Å². The van der Waals surface area contributed by atoms with Crippen molar-refractivity contribution in [2.24, 2.45) is 0 Å². The number of anilines is 1. The number of piperidine rings is 1. The lowest BCUT2D eigenvalue weighted by molar-refractivity contribution is -0.122. The monoisotopic (exact) mass is 388 g/mol. The van der Waals surface area contributed by atoms with Crippen LogP contribution in [0.2, 0.25) is 0 Å². The number of aromatic nitrogens is 1. The van der Waals surface area contributed by atoms with Crippen molar-refractivity contribution in [2.75, 3.05) is 11.9 Å². The maximum atomic E-state index is 13.4. The number of carbonyl (C=O) groups excluding carboxylic acids is 1. The van der Waals surface area contributed by atoms with Gasteiger partial charge in [-0.1, -0.05) is 18.6 Å². The Kier molecular flexibility index (Phi) is 5.50. The lowest BCUT2D eigenvalue weighted by Gasteiger charge is -2.34. The molecule has 1 aliphatic heterocycles. The Morgan fingerprint density at radius 2 is 2.10 bits per heavy atom. The molecule has 1 amide bonds. The molecule has 2 aromatic carbocycles. The predicted octanol–water partition coefficient (Wildman–Crippen LogP) is 4.24. The van der Waals surface area contributed by atoms with Crippen molar-refractivity contribution in [3.05, 3.63) is 71.7 Å². The first-order valence-electron chi connectivity index (χ1n) is 9.73. The number of benzene rings is 2. The van der Waals surface area contributed by atoms with E-state index in [9.17, 15) is 9.18 Å². The first kappa shape index (κ1) is 19.0. The molecule has 1 saturated heterocycles. The SMILES string of the molecule is N#Cc1cccc(NC(=O)C2CCCCN2Cc2ccc3cc(F)ccc3n2)c1. The number of halogens is 1. The highest BCUT2D eigenvalue weighted by molar-refractivity contribution is 5.95. The van der Waals surface area contributed by atoms with Gasteiger partial charge in [-0.25, -0.2) is 4.39 Å². The van der Waals surface area contributed by atoms with Gasteiger partial charge in [0.1, 0.15) is 5.82 Å². The number of nitrogens with zero attached hydrogens (tertiary/aromatic N) is 3. The Morgan fingerprint density at radius 1 is 1.21 bits per heavy atom. The molecular formula is C23H21FN4O. The van der Waals surface area contributed by atoms with Gasteiger partial charge in [0.25, 0.3) is 0 Å². The minimum absolute atomic E-state index is 0.0670. The van der Waals surface area contributed by atoms with Gasteiger partial charge in [-0.15, -0.1) is 0 Å². The van der Waals surface area contributed by atoms with E-state index in [1.807, 2.05) is 12.1 Å². The number of hydrogen-bond acceptors (Lipinski definition) is 4. The van der Waals surface area contributed by atoms with Crippen LogP contribution in [-0.2, 0) is 11.3 Å². The third kappa shape index (κ3) is 4.41. The molecule has 0 saturated carbocycles. The van der Waals surface area contributed by atoms with Gasteiger partial charge >= 0.3 is 0 Å². The van der Waals surface area contributed by atoms with Crippen LogP contribution >= 0.6 is 0 Å². The van der Waals surface area contributed by atoms with Crippen LogP contribution in [0.25, 0.3) is 10.9 Å². The molecule has 2 heterocycles. The minimum Gasteiger partial charge on any atom is -0.325 e. The zero-order valence-electron chi connectivity index (χ0n) is 15.9. The number of nitriles is 1. The summed E-state index contributed by atoms with van der Waals surface area (Å²) in [4.78, 5) is 19.7. The van der Waals surface area contributed by atoms with Crippen molar-refractivity contribution in [3.63, 3.8) is 0 Å². The van der Waals surface area contributed by atoms with Crippen LogP contribution in [-0.4, -0.2) is 28.4 Å². The average molecular weight is 388 g/mol. The van der Waals surface area contributed by atoms with E-state index in [0.29, 0.717) is 17.8 Å². The van der Waals surface area contributed by atoms with Crippen LogP contribution in [0, 0.1) is 17.1 Å². The molecular weight excluding hydrogens is 367 g/mol. The average Bonchev–Trinajstić information content (AvgIpc) is 2.74. The molecule has 0 bridgehead atoms. The summed E-state index contributed by atoms with van der Waals surface area (Å²) in [6.45, 7) is 1.38. The number of amides is 1. The van der Waals surface area contributed by atoms with Crippen LogP contribution in [0.3, 0.4) is 0 Å². The molecule has 3 aromatic rings. The lowest BCUT2D eigenvalue weighted by Crippen LogP contribution is -2.46. The van der Waals surface area contributed by atoms with E-state index in [0.717, 1.165) is 42.4 Å². The van der Waals surface area contributed by atoms with Crippen molar-refractivity contribution in [3.8, 4) is 6.07 Å². The minimum atomic E-state index is -0.278. The van der Waals surface area contributed by atoms with Gasteiger partial charge in [0.05, 0.1) is 28.9 Å². The summed E-state index contributed by atoms with van der Waals surface area (Å²) < 4.78 is 13.4. The summed E-state index contributed by atoms with van der Waals surface area (Å²) in [6.07, 6.45) is 2.81. The van der Waals surface area contributed by atoms with Crippen molar-refractivity contribution in [2.45, 2.75) is 31.8 Å². The standard InChI is InChI=1S/C23H21FN4O/c24-18-8-10-21-17(13-18)7-9-20(26-21)15-28-11-2-1-6-22(28)23(29)27-19-5-3-4-16(12-19)14-25/h3-5,7-10,12-13,22H,1-2,6,11,15H2,(H,27,29).